The SMILES string of the molecule is CCN1C(=O)[C@H]2[C@@H](C1=O)[C@@](CO)(C(=O)OC)N[C@H]2c1cccc2c1OC(C)(C)C2. The molecule has 2 N–H and O–H groups in total. The van der Waals surface area contributed by atoms with Gasteiger partial charge in [0.15, 0.2) is 5.54 Å². The number of fused-ring (bicyclic) bond motifs is 2. The van der Waals surface area contributed by atoms with Crippen LogP contribution >= 0.6 is 0 Å². The molecule has 8 heteroatoms. The molecule has 156 valence electrons. The van der Waals surface area contributed by atoms with E-state index in [1.165, 1.54) is 7.11 Å². The minimum Gasteiger partial charge on any atom is -0.487 e. The number of nitrogens with zero attached hydrogens (tertiary/aromatic N) is 1. The van der Waals surface area contributed by atoms with Gasteiger partial charge in [-0.15, -0.1) is 0 Å². The normalized spacial score (nSPS) is 32.2. The molecular weight excluding hydrogens is 376 g/mol. The lowest BCUT2D eigenvalue weighted by Gasteiger charge is -2.30. The Morgan fingerprint density at radius 2 is 2.07 bits per heavy atom. The number of nitrogens with one attached hydrogen (secondary N) is 1. The summed E-state index contributed by atoms with van der Waals surface area (Å²) in [7, 11) is 1.20. The van der Waals surface area contributed by atoms with E-state index in [0.717, 1.165) is 10.5 Å². The Kier molecular flexibility index (Phi) is 4.47. The highest BCUT2D eigenvalue weighted by Gasteiger charge is 2.69. The number of amides is 2. The number of methoxy groups -OCH3 is 1. The van der Waals surface area contributed by atoms with Crippen LogP contribution < -0.4 is 10.1 Å². The van der Waals surface area contributed by atoms with E-state index in [9.17, 15) is 19.5 Å². The molecule has 2 saturated heterocycles. The highest BCUT2D eigenvalue weighted by molar-refractivity contribution is 6.09. The highest BCUT2D eigenvalue weighted by atomic mass is 16.5. The van der Waals surface area contributed by atoms with E-state index in [2.05, 4.69) is 5.32 Å². The largest absolute Gasteiger partial charge is 0.487 e. The van der Waals surface area contributed by atoms with Crippen LogP contribution in [0.5, 0.6) is 5.75 Å². The van der Waals surface area contributed by atoms with E-state index in [1.807, 2.05) is 32.0 Å². The first-order chi connectivity index (χ1) is 13.7. The van der Waals surface area contributed by atoms with E-state index in [4.69, 9.17) is 9.47 Å². The number of ether oxygens (including phenoxy) is 2. The summed E-state index contributed by atoms with van der Waals surface area (Å²) in [5.41, 5.74) is -0.356. The number of aliphatic hydroxyl groups excluding tert-OH is 1. The Balaban J connectivity index is 1.87. The third-order valence-electron chi connectivity index (χ3n) is 6.32. The quantitative estimate of drug-likeness (QED) is 0.560. The summed E-state index contributed by atoms with van der Waals surface area (Å²) in [5, 5.41) is 13.3. The molecule has 8 nitrogen and oxygen atoms in total. The Morgan fingerprint density at radius 3 is 2.69 bits per heavy atom. The summed E-state index contributed by atoms with van der Waals surface area (Å²) in [6.07, 6.45) is 0.715. The van der Waals surface area contributed by atoms with Gasteiger partial charge in [0.25, 0.3) is 0 Å². The molecule has 0 aliphatic carbocycles. The number of imide groups is 1. The second-order valence-corrected chi connectivity index (χ2v) is 8.54. The molecule has 2 amide bonds. The maximum Gasteiger partial charge on any atom is 0.329 e. The van der Waals surface area contributed by atoms with Gasteiger partial charge in [0.05, 0.1) is 25.6 Å². The molecule has 2 fully saturated rings. The van der Waals surface area contributed by atoms with Crippen LogP contribution in [0.15, 0.2) is 18.2 Å². The van der Waals surface area contributed by atoms with Gasteiger partial charge >= 0.3 is 5.97 Å². The summed E-state index contributed by atoms with van der Waals surface area (Å²) in [6.45, 7) is 5.23. The fraction of sp³-hybridized carbons (Fsp3) is 0.571. The van der Waals surface area contributed by atoms with Crippen molar-refractivity contribution in [1.82, 2.24) is 10.2 Å². The molecule has 0 radical (unpaired) electrons. The molecule has 0 spiro atoms. The van der Waals surface area contributed by atoms with Crippen molar-refractivity contribution in [3.8, 4) is 5.75 Å². The van der Waals surface area contributed by atoms with Gasteiger partial charge in [-0.1, -0.05) is 18.2 Å². The van der Waals surface area contributed by atoms with Gasteiger partial charge in [-0.3, -0.25) is 19.8 Å². The fourth-order valence-corrected chi connectivity index (χ4v) is 5.11. The molecule has 3 aliphatic rings. The van der Waals surface area contributed by atoms with Crippen LogP contribution in [0.1, 0.15) is 37.9 Å². The monoisotopic (exact) mass is 402 g/mol. The second kappa shape index (κ2) is 6.53. The van der Waals surface area contributed by atoms with Crippen molar-refractivity contribution in [2.45, 2.75) is 44.4 Å². The van der Waals surface area contributed by atoms with Crippen molar-refractivity contribution >= 4 is 17.8 Å². The van der Waals surface area contributed by atoms with E-state index in [-0.39, 0.29) is 12.5 Å². The average Bonchev–Trinajstić information content (AvgIpc) is 3.28. The van der Waals surface area contributed by atoms with E-state index < -0.39 is 47.5 Å². The summed E-state index contributed by atoms with van der Waals surface area (Å²) in [4.78, 5) is 40.1. The Hall–Kier alpha value is -2.45. The number of carbonyl (C=O) groups is 3. The molecule has 3 aliphatic heterocycles. The molecule has 4 rings (SSSR count). The van der Waals surface area contributed by atoms with E-state index >= 15 is 0 Å². The van der Waals surface area contributed by atoms with Crippen molar-refractivity contribution in [2.75, 3.05) is 20.3 Å². The van der Waals surface area contributed by atoms with Crippen LogP contribution in [0.4, 0.5) is 0 Å². The number of hydrogen-bond donors (Lipinski definition) is 2. The number of para-hydroxylation sites is 1. The van der Waals surface area contributed by atoms with Gasteiger partial charge in [-0.05, 0) is 26.3 Å². The average molecular weight is 402 g/mol. The molecule has 0 saturated carbocycles. The van der Waals surface area contributed by atoms with Gasteiger partial charge in [0, 0.05) is 24.6 Å². The number of likely N-dealkylation sites (tertiary alicyclic amines) is 1. The smallest absolute Gasteiger partial charge is 0.329 e. The van der Waals surface area contributed by atoms with Gasteiger partial charge in [0.1, 0.15) is 11.4 Å². The molecule has 29 heavy (non-hydrogen) atoms. The van der Waals surface area contributed by atoms with Crippen molar-refractivity contribution in [3.63, 3.8) is 0 Å². The molecule has 0 unspecified atom stereocenters. The Morgan fingerprint density at radius 1 is 1.34 bits per heavy atom. The van der Waals surface area contributed by atoms with Crippen molar-refractivity contribution < 1.29 is 29.0 Å². The van der Waals surface area contributed by atoms with Gasteiger partial charge in [-0.25, -0.2) is 4.79 Å². The topological polar surface area (TPSA) is 105 Å². The van der Waals surface area contributed by atoms with Crippen LogP contribution in [0.3, 0.4) is 0 Å². The number of esters is 1. The summed E-state index contributed by atoms with van der Waals surface area (Å²) in [5.74, 6) is -2.77. The van der Waals surface area contributed by atoms with E-state index in [0.29, 0.717) is 17.7 Å². The summed E-state index contributed by atoms with van der Waals surface area (Å²) in [6, 6.07) is 5.03. The fourth-order valence-electron chi connectivity index (χ4n) is 5.11. The van der Waals surface area contributed by atoms with Crippen LogP contribution in [-0.2, 0) is 25.5 Å². The number of hydrogen-bond acceptors (Lipinski definition) is 7. The zero-order valence-corrected chi connectivity index (χ0v) is 17.0. The molecule has 0 aromatic heterocycles. The predicted molar refractivity (Wildman–Crippen MR) is 102 cm³/mol. The highest BCUT2D eigenvalue weighted by Crippen LogP contribution is 2.52. The first-order valence-electron chi connectivity index (χ1n) is 9.83. The number of rotatable bonds is 4. The third-order valence-corrected chi connectivity index (χ3v) is 6.32. The number of benzene rings is 1. The van der Waals surface area contributed by atoms with Gasteiger partial charge in [-0.2, -0.15) is 0 Å². The minimum atomic E-state index is -1.68. The van der Waals surface area contributed by atoms with Crippen molar-refractivity contribution in [2.24, 2.45) is 11.8 Å². The Labute approximate surface area is 169 Å². The van der Waals surface area contributed by atoms with Crippen molar-refractivity contribution in [3.05, 3.63) is 29.3 Å². The van der Waals surface area contributed by atoms with E-state index in [1.54, 1.807) is 6.92 Å². The maximum atomic E-state index is 13.1. The lowest BCUT2D eigenvalue weighted by Crippen LogP contribution is -2.58. The molecular formula is C21H26N2O6. The second-order valence-electron chi connectivity index (χ2n) is 8.54. The number of carbonyl (C=O) groups excluding carboxylic acids is 3. The van der Waals surface area contributed by atoms with Gasteiger partial charge < -0.3 is 14.6 Å². The molecule has 4 atom stereocenters. The molecule has 0 bridgehead atoms. The van der Waals surface area contributed by atoms with Crippen LogP contribution in [-0.4, -0.2) is 59.2 Å². The molecule has 1 aromatic rings. The molecule has 3 heterocycles. The standard InChI is InChI=1S/C21H26N2O6/c1-5-23-17(25)13-14(18(23)26)21(10-24,19(27)28-4)22-15(13)12-8-6-7-11-9-20(2,3)29-16(11)12/h6-8,13-15,22,24H,5,9-10H2,1-4H3/t13-,14-,15-,21-/m0/s1. The lowest BCUT2D eigenvalue weighted by atomic mass is 9.79. The maximum absolute atomic E-state index is 13.1. The summed E-state index contributed by atoms with van der Waals surface area (Å²) < 4.78 is 11.1. The zero-order chi connectivity index (χ0) is 21.1. The molecule has 1 aromatic carbocycles. The number of aliphatic hydroxyl groups is 1. The zero-order valence-electron chi connectivity index (χ0n) is 17.0. The lowest BCUT2D eigenvalue weighted by molar-refractivity contribution is -0.156. The first-order valence-corrected chi connectivity index (χ1v) is 9.83. The third kappa shape index (κ3) is 2.62. The van der Waals surface area contributed by atoms with Gasteiger partial charge in [0.2, 0.25) is 11.8 Å². The summed E-state index contributed by atoms with van der Waals surface area (Å²) >= 11 is 0. The van der Waals surface area contributed by atoms with Crippen LogP contribution in [0.25, 0.3) is 0 Å². The minimum absolute atomic E-state index is 0.205. The first kappa shape index (κ1) is 19.8. The van der Waals surface area contributed by atoms with Crippen LogP contribution in [0.2, 0.25) is 0 Å². The van der Waals surface area contributed by atoms with Crippen molar-refractivity contribution in [1.29, 1.82) is 0 Å². The van der Waals surface area contributed by atoms with Crippen LogP contribution in [0, 0.1) is 11.8 Å². The predicted octanol–water partition coefficient (Wildman–Crippen LogP) is 0.570. The Bertz CT molecular complexity index is 897.